The van der Waals surface area contributed by atoms with Crippen molar-refractivity contribution >= 4 is 0 Å². The third kappa shape index (κ3) is 4.99. The van der Waals surface area contributed by atoms with Crippen molar-refractivity contribution in [3.63, 3.8) is 0 Å². The molecule has 20 heavy (non-hydrogen) atoms. The molecule has 0 radical (unpaired) electrons. The molecule has 2 fully saturated rings. The monoisotopic (exact) mass is 283 g/mol. The fourth-order valence-corrected chi connectivity index (χ4v) is 3.33. The number of piperidine rings is 1. The van der Waals surface area contributed by atoms with Gasteiger partial charge in [-0.1, -0.05) is 13.3 Å². The Balaban J connectivity index is 1.76. The number of hydrogen-bond donors (Lipinski definition) is 1. The van der Waals surface area contributed by atoms with Crippen molar-refractivity contribution in [2.45, 2.75) is 58.2 Å². The van der Waals surface area contributed by atoms with Crippen molar-refractivity contribution in [2.24, 2.45) is 0 Å². The SMILES string of the molecule is CCN(CC1CCCCN1)CC1CN(C(C)C)CCO1. The Morgan fingerprint density at radius 3 is 2.80 bits per heavy atom. The van der Waals surface area contributed by atoms with Crippen LogP contribution in [0.15, 0.2) is 0 Å². The van der Waals surface area contributed by atoms with E-state index in [9.17, 15) is 0 Å². The highest BCUT2D eigenvalue weighted by Gasteiger charge is 2.25. The standard InChI is InChI=1S/C16H33N3O/c1-4-18(11-15-7-5-6-8-17-15)12-16-13-19(14(2)3)9-10-20-16/h14-17H,4-13H2,1-3H3. The average Bonchev–Trinajstić information content (AvgIpc) is 2.48. The normalized spacial score (nSPS) is 29.2. The smallest absolute Gasteiger partial charge is 0.0829 e. The summed E-state index contributed by atoms with van der Waals surface area (Å²) in [4.78, 5) is 5.11. The predicted molar refractivity (Wildman–Crippen MR) is 84.2 cm³/mol. The Kier molecular flexibility index (Phi) is 6.75. The first-order valence-corrected chi connectivity index (χ1v) is 8.50. The Hall–Kier alpha value is -0.160. The minimum atomic E-state index is 0.384. The summed E-state index contributed by atoms with van der Waals surface area (Å²) in [6.07, 6.45) is 4.45. The summed E-state index contributed by atoms with van der Waals surface area (Å²) in [5.74, 6) is 0. The van der Waals surface area contributed by atoms with Gasteiger partial charge in [0.2, 0.25) is 0 Å². The van der Waals surface area contributed by atoms with Gasteiger partial charge in [-0.3, -0.25) is 9.80 Å². The minimum absolute atomic E-state index is 0.384. The van der Waals surface area contributed by atoms with E-state index in [4.69, 9.17) is 4.74 Å². The Morgan fingerprint density at radius 2 is 2.15 bits per heavy atom. The van der Waals surface area contributed by atoms with Gasteiger partial charge in [-0.05, 0) is 39.8 Å². The summed E-state index contributed by atoms with van der Waals surface area (Å²) in [5, 5.41) is 3.66. The maximum atomic E-state index is 5.98. The van der Waals surface area contributed by atoms with E-state index in [1.165, 1.54) is 32.4 Å². The second kappa shape index (κ2) is 8.32. The molecule has 0 spiro atoms. The Morgan fingerprint density at radius 1 is 1.30 bits per heavy atom. The number of likely N-dealkylation sites (N-methyl/N-ethyl adjacent to an activating group) is 1. The van der Waals surface area contributed by atoms with Crippen molar-refractivity contribution in [2.75, 3.05) is 45.9 Å². The molecule has 2 aliphatic rings. The van der Waals surface area contributed by atoms with Crippen LogP contribution >= 0.6 is 0 Å². The molecule has 4 nitrogen and oxygen atoms in total. The fraction of sp³-hybridized carbons (Fsp3) is 1.00. The van der Waals surface area contributed by atoms with Crippen LogP contribution in [-0.2, 0) is 4.74 Å². The predicted octanol–water partition coefficient (Wildman–Crippen LogP) is 1.56. The van der Waals surface area contributed by atoms with Gasteiger partial charge in [0, 0.05) is 38.3 Å². The number of rotatable bonds is 6. The highest BCUT2D eigenvalue weighted by Crippen LogP contribution is 2.12. The summed E-state index contributed by atoms with van der Waals surface area (Å²) >= 11 is 0. The van der Waals surface area contributed by atoms with Gasteiger partial charge < -0.3 is 10.1 Å². The molecule has 0 bridgehead atoms. The first-order chi connectivity index (χ1) is 9.69. The van der Waals surface area contributed by atoms with E-state index >= 15 is 0 Å². The van der Waals surface area contributed by atoms with Gasteiger partial charge in [-0.15, -0.1) is 0 Å². The third-order valence-electron chi connectivity index (χ3n) is 4.70. The van der Waals surface area contributed by atoms with Gasteiger partial charge in [0.1, 0.15) is 0 Å². The van der Waals surface area contributed by atoms with Crippen LogP contribution in [0, 0.1) is 0 Å². The quantitative estimate of drug-likeness (QED) is 0.801. The van der Waals surface area contributed by atoms with Gasteiger partial charge in [0.15, 0.2) is 0 Å². The minimum Gasteiger partial charge on any atom is -0.374 e. The van der Waals surface area contributed by atoms with Crippen molar-refractivity contribution in [1.82, 2.24) is 15.1 Å². The van der Waals surface area contributed by atoms with Gasteiger partial charge in [-0.25, -0.2) is 0 Å². The topological polar surface area (TPSA) is 27.7 Å². The summed E-state index contributed by atoms with van der Waals surface area (Å²) in [7, 11) is 0. The van der Waals surface area contributed by atoms with E-state index in [0.717, 1.165) is 32.8 Å². The maximum absolute atomic E-state index is 5.98. The summed E-state index contributed by atoms with van der Waals surface area (Å²) in [5.41, 5.74) is 0. The van der Waals surface area contributed by atoms with Gasteiger partial charge in [0.05, 0.1) is 12.7 Å². The van der Waals surface area contributed by atoms with Crippen LogP contribution in [0.1, 0.15) is 40.0 Å². The molecule has 0 aromatic rings. The van der Waals surface area contributed by atoms with Crippen LogP contribution in [0.25, 0.3) is 0 Å². The number of morpholine rings is 1. The van der Waals surface area contributed by atoms with Crippen molar-refractivity contribution in [3.05, 3.63) is 0 Å². The molecular weight excluding hydrogens is 250 g/mol. The zero-order chi connectivity index (χ0) is 14.4. The number of hydrogen-bond acceptors (Lipinski definition) is 4. The lowest BCUT2D eigenvalue weighted by Gasteiger charge is -2.38. The molecule has 2 unspecified atom stereocenters. The summed E-state index contributed by atoms with van der Waals surface area (Å²) in [6.45, 7) is 14.5. The van der Waals surface area contributed by atoms with E-state index < -0.39 is 0 Å². The summed E-state index contributed by atoms with van der Waals surface area (Å²) < 4.78 is 5.98. The van der Waals surface area contributed by atoms with Gasteiger partial charge >= 0.3 is 0 Å². The highest BCUT2D eigenvalue weighted by atomic mass is 16.5. The van der Waals surface area contributed by atoms with Crippen molar-refractivity contribution < 1.29 is 4.74 Å². The number of nitrogens with one attached hydrogen (secondary N) is 1. The number of nitrogens with zero attached hydrogens (tertiary/aromatic N) is 2. The van der Waals surface area contributed by atoms with Crippen LogP contribution in [0.4, 0.5) is 0 Å². The van der Waals surface area contributed by atoms with Crippen LogP contribution in [-0.4, -0.2) is 73.9 Å². The second-order valence-electron chi connectivity index (χ2n) is 6.58. The van der Waals surface area contributed by atoms with E-state index in [1.54, 1.807) is 0 Å². The lowest BCUT2D eigenvalue weighted by Crippen LogP contribution is -2.51. The first kappa shape index (κ1) is 16.2. The molecule has 2 saturated heterocycles. The highest BCUT2D eigenvalue weighted by molar-refractivity contribution is 4.80. The van der Waals surface area contributed by atoms with Crippen LogP contribution in [0.5, 0.6) is 0 Å². The molecule has 0 aromatic carbocycles. The number of ether oxygens (including phenoxy) is 1. The molecule has 2 heterocycles. The van der Waals surface area contributed by atoms with Crippen LogP contribution in [0.2, 0.25) is 0 Å². The van der Waals surface area contributed by atoms with Gasteiger partial charge in [0.25, 0.3) is 0 Å². The molecule has 0 saturated carbocycles. The van der Waals surface area contributed by atoms with Crippen LogP contribution < -0.4 is 5.32 Å². The Labute approximate surface area is 124 Å². The fourth-order valence-electron chi connectivity index (χ4n) is 3.33. The van der Waals surface area contributed by atoms with Crippen molar-refractivity contribution in [3.8, 4) is 0 Å². The maximum Gasteiger partial charge on any atom is 0.0829 e. The zero-order valence-electron chi connectivity index (χ0n) is 13.6. The largest absolute Gasteiger partial charge is 0.374 e. The molecule has 2 atom stereocenters. The molecule has 0 amide bonds. The summed E-state index contributed by atoms with van der Waals surface area (Å²) in [6, 6.07) is 1.32. The average molecular weight is 283 g/mol. The van der Waals surface area contributed by atoms with E-state index in [1.807, 2.05) is 0 Å². The van der Waals surface area contributed by atoms with Gasteiger partial charge in [-0.2, -0.15) is 0 Å². The molecule has 2 rings (SSSR count). The molecule has 0 aromatic heterocycles. The third-order valence-corrected chi connectivity index (χ3v) is 4.70. The first-order valence-electron chi connectivity index (χ1n) is 8.50. The zero-order valence-corrected chi connectivity index (χ0v) is 13.6. The van der Waals surface area contributed by atoms with E-state index in [-0.39, 0.29) is 0 Å². The van der Waals surface area contributed by atoms with Crippen molar-refractivity contribution in [1.29, 1.82) is 0 Å². The van der Waals surface area contributed by atoms with E-state index in [2.05, 4.69) is 35.9 Å². The Bertz CT molecular complexity index is 266. The molecule has 0 aliphatic carbocycles. The van der Waals surface area contributed by atoms with E-state index in [0.29, 0.717) is 18.2 Å². The molecule has 118 valence electrons. The molecule has 4 heteroatoms. The molecule has 2 aliphatic heterocycles. The molecular formula is C16H33N3O. The lowest BCUT2D eigenvalue weighted by atomic mass is 10.0. The molecule has 1 N–H and O–H groups in total. The lowest BCUT2D eigenvalue weighted by molar-refractivity contribution is -0.0525. The van der Waals surface area contributed by atoms with Crippen LogP contribution in [0.3, 0.4) is 0 Å². The second-order valence-corrected chi connectivity index (χ2v) is 6.58.